The van der Waals surface area contributed by atoms with Crippen LogP contribution in [-0.2, 0) is 6.42 Å². The van der Waals surface area contributed by atoms with Crippen molar-refractivity contribution in [2.45, 2.75) is 38.6 Å². The first kappa shape index (κ1) is 8.82. The third kappa shape index (κ3) is 1.63. The van der Waals surface area contributed by atoms with Gasteiger partial charge in [-0.2, -0.15) is 0 Å². The lowest BCUT2D eigenvalue weighted by Gasteiger charge is -2.11. The van der Waals surface area contributed by atoms with Crippen molar-refractivity contribution in [3.05, 3.63) is 23.7 Å². The van der Waals surface area contributed by atoms with E-state index < -0.39 is 0 Å². The molecule has 1 aliphatic heterocycles. The number of furan rings is 1. The van der Waals surface area contributed by atoms with Gasteiger partial charge in [0.25, 0.3) is 0 Å². The van der Waals surface area contributed by atoms with Gasteiger partial charge in [0.2, 0.25) is 0 Å². The molecule has 0 amide bonds. The maximum Gasteiger partial charge on any atom is 0.108 e. The van der Waals surface area contributed by atoms with Crippen molar-refractivity contribution in [1.82, 2.24) is 5.32 Å². The molecule has 0 bridgehead atoms. The second-order valence-electron chi connectivity index (χ2n) is 3.80. The van der Waals surface area contributed by atoms with Gasteiger partial charge in [0.05, 0.1) is 0 Å². The number of aryl methyl sites for hydroxylation is 1. The fraction of sp³-hybridized carbons (Fsp3) is 0.636. The van der Waals surface area contributed by atoms with E-state index in [0.717, 1.165) is 24.5 Å². The molecular formula is C11H17NO. The Kier molecular flexibility index (Phi) is 2.40. The van der Waals surface area contributed by atoms with Gasteiger partial charge in [0.1, 0.15) is 11.5 Å². The Morgan fingerprint density at radius 1 is 1.54 bits per heavy atom. The molecule has 1 aromatic heterocycles. The summed E-state index contributed by atoms with van der Waals surface area (Å²) in [7, 11) is 0. The summed E-state index contributed by atoms with van der Waals surface area (Å²) in [4.78, 5) is 0. The Morgan fingerprint density at radius 3 is 2.92 bits per heavy atom. The highest BCUT2D eigenvalue weighted by atomic mass is 16.3. The van der Waals surface area contributed by atoms with E-state index in [0.29, 0.717) is 12.0 Å². The standard InChI is InChI=1S/C11H17NO/c1-3-9-4-5-11(13-9)10-6-7-12-8(10)2/h4-5,8,10,12H,3,6-7H2,1-2H3. The first-order valence-corrected chi connectivity index (χ1v) is 5.13. The van der Waals surface area contributed by atoms with E-state index in [9.17, 15) is 0 Å². The van der Waals surface area contributed by atoms with Crippen molar-refractivity contribution >= 4 is 0 Å². The van der Waals surface area contributed by atoms with Crippen LogP contribution in [0, 0.1) is 0 Å². The van der Waals surface area contributed by atoms with Crippen molar-refractivity contribution < 1.29 is 4.42 Å². The molecule has 0 spiro atoms. The van der Waals surface area contributed by atoms with Gasteiger partial charge in [0.15, 0.2) is 0 Å². The van der Waals surface area contributed by atoms with Crippen LogP contribution in [-0.4, -0.2) is 12.6 Å². The van der Waals surface area contributed by atoms with Gasteiger partial charge in [0, 0.05) is 18.4 Å². The zero-order valence-electron chi connectivity index (χ0n) is 8.34. The normalized spacial score (nSPS) is 28.2. The molecule has 1 saturated heterocycles. The van der Waals surface area contributed by atoms with Crippen molar-refractivity contribution in [1.29, 1.82) is 0 Å². The van der Waals surface area contributed by atoms with E-state index in [1.165, 1.54) is 6.42 Å². The van der Waals surface area contributed by atoms with Crippen molar-refractivity contribution in [3.8, 4) is 0 Å². The Balaban J connectivity index is 2.15. The average molecular weight is 179 g/mol. The molecule has 0 radical (unpaired) electrons. The molecule has 2 nitrogen and oxygen atoms in total. The van der Waals surface area contributed by atoms with Gasteiger partial charge < -0.3 is 9.73 Å². The lowest BCUT2D eigenvalue weighted by Crippen LogP contribution is -2.21. The van der Waals surface area contributed by atoms with Crippen LogP contribution >= 0.6 is 0 Å². The van der Waals surface area contributed by atoms with Gasteiger partial charge in [-0.25, -0.2) is 0 Å². The van der Waals surface area contributed by atoms with Crippen LogP contribution in [0.5, 0.6) is 0 Å². The summed E-state index contributed by atoms with van der Waals surface area (Å²) in [5, 5.41) is 3.44. The van der Waals surface area contributed by atoms with Crippen LogP contribution in [0.25, 0.3) is 0 Å². The fourth-order valence-electron chi connectivity index (χ4n) is 2.03. The number of nitrogens with one attached hydrogen (secondary N) is 1. The van der Waals surface area contributed by atoms with Gasteiger partial charge >= 0.3 is 0 Å². The third-order valence-electron chi connectivity index (χ3n) is 2.92. The Labute approximate surface area is 79.3 Å². The van der Waals surface area contributed by atoms with Gasteiger partial charge in [-0.15, -0.1) is 0 Å². The van der Waals surface area contributed by atoms with Crippen molar-refractivity contribution in [2.75, 3.05) is 6.54 Å². The van der Waals surface area contributed by atoms with Crippen molar-refractivity contribution in [3.63, 3.8) is 0 Å². The highest BCUT2D eigenvalue weighted by Crippen LogP contribution is 2.28. The first-order chi connectivity index (χ1) is 6.31. The lowest BCUT2D eigenvalue weighted by molar-refractivity contribution is 0.418. The monoisotopic (exact) mass is 179 g/mol. The largest absolute Gasteiger partial charge is 0.466 e. The lowest BCUT2D eigenvalue weighted by atomic mass is 9.99. The molecular weight excluding hydrogens is 162 g/mol. The minimum absolute atomic E-state index is 0.566. The minimum Gasteiger partial charge on any atom is -0.466 e. The number of rotatable bonds is 2. The molecule has 1 fully saturated rings. The zero-order chi connectivity index (χ0) is 9.26. The van der Waals surface area contributed by atoms with Crippen LogP contribution < -0.4 is 5.32 Å². The molecule has 0 aromatic carbocycles. The zero-order valence-corrected chi connectivity index (χ0v) is 8.34. The van der Waals surface area contributed by atoms with Gasteiger partial charge in [-0.1, -0.05) is 6.92 Å². The van der Waals surface area contributed by atoms with Gasteiger partial charge in [-0.05, 0) is 32.0 Å². The summed E-state index contributed by atoms with van der Waals surface area (Å²) in [6, 6.07) is 4.80. The third-order valence-corrected chi connectivity index (χ3v) is 2.92. The molecule has 2 heteroatoms. The van der Waals surface area contributed by atoms with E-state index >= 15 is 0 Å². The predicted molar refractivity (Wildman–Crippen MR) is 52.9 cm³/mol. The van der Waals surface area contributed by atoms with E-state index in [2.05, 4.69) is 31.3 Å². The molecule has 2 heterocycles. The molecule has 2 rings (SSSR count). The quantitative estimate of drug-likeness (QED) is 0.753. The fourth-order valence-corrected chi connectivity index (χ4v) is 2.03. The van der Waals surface area contributed by atoms with Crippen LogP contribution in [0.4, 0.5) is 0 Å². The summed E-state index contributed by atoms with van der Waals surface area (Å²) in [5.74, 6) is 2.85. The van der Waals surface area contributed by atoms with E-state index in [4.69, 9.17) is 4.42 Å². The smallest absolute Gasteiger partial charge is 0.108 e. The topological polar surface area (TPSA) is 25.2 Å². The number of hydrogen-bond acceptors (Lipinski definition) is 2. The molecule has 0 saturated carbocycles. The van der Waals surface area contributed by atoms with E-state index in [1.807, 2.05) is 0 Å². The Bertz CT molecular complexity index is 279. The van der Waals surface area contributed by atoms with Crippen molar-refractivity contribution in [2.24, 2.45) is 0 Å². The second kappa shape index (κ2) is 3.54. The summed E-state index contributed by atoms with van der Waals surface area (Å²) in [5.41, 5.74) is 0. The first-order valence-electron chi connectivity index (χ1n) is 5.13. The molecule has 72 valence electrons. The number of hydrogen-bond donors (Lipinski definition) is 1. The Hall–Kier alpha value is -0.760. The predicted octanol–water partition coefficient (Wildman–Crippen LogP) is 2.31. The summed E-state index contributed by atoms with van der Waals surface area (Å²) in [6.45, 7) is 5.47. The highest BCUT2D eigenvalue weighted by Gasteiger charge is 2.26. The average Bonchev–Trinajstić information content (AvgIpc) is 2.71. The molecule has 1 N–H and O–H groups in total. The molecule has 2 atom stereocenters. The maximum absolute atomic E-state index is 5.75. The SMILES string of the molecule is CCc1ccc(C2CCNC2C)o1. The van der Waals surface area contributed by atoms with Gasteiger partial charge in [-0.3, -0.25) is 0 Å². The van der Waals surface area contributed by atoms with E-state index in [-0.39, 0.29) is 0 Å². The van der Waals surface area contributed by atoms with Crippen LogP contribution in [0.1, 0.15) is 37.7 Å². The molecule has 1 aromatic rings. The Morgan fingerprint density at radius 2 is 2.38 bits per heavy atom. The highest BCUT2D eigenvalue weighted by molar-refractivity contribution is 5.14. The van der Waals surface area contributed by atoms with Crippen LogP contribution in [0.3, 0.4) is 0 Å². The maximum atomic E-state index is 5.75. The summed E-state index contributed by atoms with van der Waals surface area (Å²) >= 11 is 0. The molecule has 2 unspecified atom stereocenters. The van der Waals surface area contributed by atoms with Crippen LogP contribution in [0.15, 0.2) is 16.5 Å². The summed E-state index contributed by atoms with van der Waals surface area (Å²) < 4.78 is 5.75. The summed E-state index contributed by atoms with van der Waals surface area (Å²) in [6.07, 6.45) is 2.20. The molecule has 1 aliphatic rings. The van der Waals surface area contributed by atoms with Crippen LogP contribution in [0.2, 0.25) is 0 Å². The molecule has 0 aliphatic carbocycles. The minimum atomic E-state index is 0.566. The molecule has 13 heavy (non-hydrogen) atoms. The second-order valence-corrected chi connectivity index (χ2v) is 3.80. The van der Waals surface area contributed by atoms with E-state index in [1.54, 1.807) is 0 Å².